The number of fused-ring (bicyclic) bond motifs is 1. The molecule has 1 aromatic carbocycles. The third kappa shape index (κ3) is 3.33. The Morgan fingerprint density at radius 2 is 2.26 bits per heavy atom. The van der Waals surface area contributed by atoms with Gasteiger partial charge in [0.2, 0.25) is 0 Å². The lowest BCUT2D eigenvalue weighted by Crippen LogP contribution is -2.31. The van der Waals surface area contributed by atoms with Crippen molar-refractivity contribution in [3.05, 3.63) is 53.2 Å². The number of nitrogen functional groups attached to an aromatic ring is 1. The summed E-state index contributed by atoms with van der Waals surface area (Å²) in [7, 11) is 0. The van der Waals surface area contributed by atoms with Gasteiger partial charge < -0.3 is 9.88 Å². The number of carbonyl (C=O) groups is 1. The monoisotopic (exact) mass is 374 g/mol. The van der Waals surface area contributed by atoms with Gasteiger partial charge >= 0.3 is 0 Å². The molecule has 1 amide bonds. The number of nitrogens with two attached hydrogens (primary N) is 1. The molecule has 0 aliphatic heterocycles. The van der Waals surface area contributed by atoms with Crippen molar-refractivity contribution in [3.8, 4) is 0 Å². The molecule has 118 valence electrons. The van der Waals surface area contributed by atoms with Gasteiger partial charge in [-0.15, -0.1) is 0 Å². The third-order valence-corrected chi connectivity index (χ3v) is 3.93. The molecule has 3 rings (SSSR count). The Morgan fingerprint density at radius 3 is 3.00 bits per heavy atom. The van der Waals surface area contributed by atoms with Crippen LogP contribution < -0.4 is 16.6 Å². The van der Waals surface area contributed by atoms with Gasteiger partial charge in [0.05, 0.1) is 23.1 Å². The quantitative estimate of drug-likeness (QED) is 0.360. The zero-order valence-corrected chi connectivity index (χ0v) is 13.7. The summed E-state index contributed by atoms with van der Waals surface area (Å²) in [5.74, 6) is 4.89. The van der Waals surface area contributed by atoms with Crippen LogP contribution in [0.25, 0.3) is 10.9 Å². The number of amides is 1. The number of carbonyl (C=O) groups excluding carboxylic acids is 1. The van der Waals surface area contributed by atoms with E-state index in [1.807, 2.05) is 29.0 Å². The van der Waals surface area contributed by atoms with Gasteiger partial charge in [-0.25, -0.2) is 10.8 Å². The van der Waals surface area contributed by atoms with Crippen LogP contribution in [0.5, 0.6) is 0 Å². The van der Waals surface area contributed by atoms with Crippen LogP contribution in [-0.2, 0) is 6.54 Å². The summed E-state index contributed by atoms with van der Waals surface area (Å²) in [4.78, 5) is 20.3. The first-order chi connectivity index (χ1) is 11.2. The van der Waals surface area contributed by atoms with Crippen LogP contribution in [0, 0.1) is 0 Å². The molecule has 0 aliphatic carbocycles. The molecule has 0 aliphatic rings. The highest BCUT2D eigenvalue weighted by Gasteiger charge is 2.14. The van der Waals surface area contributed by atoms with Crippen molar-refractivity contribution in [2.75, 3.05) is 11.9 Å². The molecule has 2 aromatic heterocycles. The Bertz CT molecular complexity index is 833. The van der Waals surface area contributed by atoms with E-state index in [9.17, 15) is 4.79 Å². The predicted octanol–water partition coefficient (Wildman–Crippen LogP) is 1.91. The second kappa shape index (κ2) is 6.76. The maximum Gasteiger partial charge on any atom is 0.268 e. The number of hydrazine groups is 1. The van der Waals surface area contributed by atoms with Crippen molar-refractivity contribution < 1.29 is 4.79 Å². The van der Waals surface area contributed by atoms with Gasteiger partial charge in [-0.3, -0.25) is 15.2 Å². The molecule has 23 heavy (non-hydrogen) atoms. The molecular formula is C15H15BrN6O. The summed E-state index contributed by atoms with van der Waals surface area (Å²) in [6.45, 7) is 1.36. The Morgan fingerprint density at radius 1 is 1.39 bits per heavy atom. The molecule has 7 nitrogen and oxygen atoms in total. The number of pyridine rings is 1. The van der Waals surface area contributed by atoms with E-state index in [1.54, 1.807) is 12.5 Å². The Balaban J connectivity index is 1.96. The molecule has 0 fully saturated rings. The average molecular weight is 375 g/mol. The van der Waals surface area contributed by atoms with Crippen LogP contribution in [-0.4, -0.2) is 27.0 Å². The molecule has 0 saturated heterocycles. The zero-order valence-electron chi connectivity index (χ0n) is 12.2. The van der Waals surface area contributed by atoms with E-state index in [0.29, 0.717) is 17.8 Å². The predicted molar refractivity (Wildman–Crippen MR) is 91.8 cm³/mol. The second-order valence-electron chi connectivity index (χ2n) is 4.91. The average Bonchev–Trinajstić information content (AvgIpc) is 3.07. The lowest BCUT2D eigenvalue weighted by molar-refractivity contribution is 0.0954. The number of nitrogens with zero attached hydrogens (tertiary/aromatic N) is 3. The third-order valence-electron chi connectivity index (χ3n) is 3.44. The fourth-order valence-electron chi connectivity index (χ4n) is 2.33. The zero-order chi connectivity index (χ0) is 16.2. The summed E-state index contributed by atoms with van der Waals surface area (Å²) < 4.78 is 2.87. The molecular weight excluding hydrogens is 360 g/mol. The van der Waals surface area contributed by atoms with E-state index in [-0.39, 0.29) is 5.91 Å². The highest BCUT2D eigenvalue weighted by molar-refractivity contribution is 9.10. The number of imidazole rings is 1. The van der Waals surface area contributed by atoms with Crippen LogP contribution >= 0.6 is 15.9 Å². The van der Waals surface area contributed by atoms with Gasteiger partial charge in [0.25, 0.3) is 5.91 Å². The van der Waals surface area contributed by atoms with Gasteiger partial charge in [-0.05, 0) is 18.2 Å². The molecule has 3 aromatic rings. The van der Waals surface area contributed by atoms with Crippen LogP contribution in [0.2, 0.25) is 0 Å². The van der Waals surface area contributed by atoms with E-state index in [0.717, 1.165) is 21.9 Å². The largest absolute Gasteiger partial charge is 0.382 e. The maximum absolute atomic E-state index is 12.0. The summed E-state index contributed by atoms with van der Waals surface area (Å²) in [5.41, 5.74) is 4.07. The first-order valence-corrected chi connectivity index (χ1v) is 7.77. The smallest absolute Gasteiger partial charge is 0.268 e. The number of anilines is 1. The van der Waals surface area contributed by atoms with Crippen molar-refractivity contribution in [1.29, 1.82) is 0 Å². The molecule has 8 heteroatoms. The van der Waals surface area contributed by atoms with Gasteiger partial charge in [0.1, 0.15) is 0 Å². The number of halogens is 1. The molecule has 0 unspecified atom stereocenters. The fourth-order valence-corrected chi connectivity index (χ4v) is 2.70. The van der Waals surface area contributed by atoms with E-state index < -0.39 is 0 Å². The van der Waals surface area contributed by atoms with E-state index in [4.69, 9.17) is 5.84 Å². The maximum atomic E-state index is 12.0. The molecule has 2 heterocycles. The van der Waals surface area contributed by atoms with Gasteiger partial charge in [-0.2, -0.15) is 0 Å². The minimum Gasteiger partial charge on any atom is -0.382 e. The standard InChI is InChI=1S/C15H15BrN6O/c16-10-1-2-13-11(7-10)14(12(8-20-13)15(23)21-17)19-4-6-22-5-3-18-9-22/h1-3,5,7-9H,4,6,17H2,(H,19,20)(H,21,23). The minimum absolute atomic E-state index is 0.385. The molecule has 0 atom stereocenters. The van der Waals surface area contributed by atoms with E-state index in [2.05, 4.69) is 36.6 Å². The molecule has 4 N–H and O–H groups in total. The minimum atomic E-state index is -0.385. The molecule has 0 bridgehead atoms. The topological polar surface area (TPSA) is 97.9 Å². The summed E-state index contributed by atoms with van der Waals surface area (Å²) in [5, 5.41) is 4.16. The molecule has 0 spiro atoms. The highest BCUT2D eigenvalue weighted by Crippen LogP contribution is 2.28. The first-order valence-electron chi connectivity index (χ1n) is 6.98. The van der Waals surface area contributed by atoms with Crippen molar-refractivity contribution >= 4 is 38.4 Å². The van der Waals surface area contributed by atoms with Gasteiger partial charge in [0, 0.05) is 41.5 Å². The van der Waals surface area contributed by atoms with Gasteiger partial charge in [-0.1, -0.05) is 15.9 Å². The lowest BCUT2D eigenvalue weighted by Gasteiger charge is -2.14. The van der Waals surface area contributed by atoms with E-state index in [1.165, 1.54) is 6.20 Å². The number of hydrogen-bond acceptors (Lipinski definition) is 5. The summed E-state index contributed by atoms with van der Waals surface area (Å²) >= 11 is 3.45. The first kappa shape index (κ1) is 15.4. The van der Waals surface area contributed by atoms with Crippen LogP contribution in [0.4, 0.5) is 5.69 Å². The van der Waals surface area contributed by atoms with Crippen LogP contribution in [0.15, 0.2) is 47.6 Å². The highest BCUT2D eigenvalue weighted by atomic mass is 79.9. The van der Waals surface area contributed by atoms with E-state index >= 15 is 0 Å². The number of benzene rings is 1. The second-order valence-corrected chi connectivity index (χ2v) is 5.82. The van der Waals surface area contributed by atoms with Crippen LogP contribution in [0.3, 0.4) is 0 Å². The summed E-state index contributed by atoms with van der Waals surface area (Å²) in [6.07, 6.45) is 6.89. The summed E-state index contributed by atoms with van der Waals surface area (Å²) in [6, 6.07) is 5.73. The number of aromatic nitrogens is 3. The SMILES string of the molecule is NNC(=O)c1cnc2ccc(Br)cc2c1NCCn1ccnc1. The number of hydrogen-bond donors (Lipinski definition) is 3. The van der Waals surface area contributed by atoms with Crippen LogP contribution in [0.1, 0.15) is 10.4 Å². The Labute approximate surface area is 141 Å². The molecule has 0 saturated carbocycles. The van der Waals surface area contributed by atoms with Crippen molar-refractivity contribution in [2.45, 2.75) is 6.54 Å². The Kier molecular flexibility index (Phi) is 4.54. The fraction of sp³-hybridized carbons (Fsp3) is 0.133. The van der Waals surface area contributed by atoms with Gasteiger partial charge in [0.15, 0.2) is 0 Å². The molecule has 0 radical (unpaired) electrons. The van der Waals surface area contributed by atoms with Crippen molar-refractivity contribution in [2.24, 2.45) is 5.84 Å². The lowest BCUT2D eigenvalue weighted by atomic mass is 10.1. The van der Waals surface area contributed by atoms with Crippen molar-refractivity contribution in [1.82, 2.24) is 20.0 Å². The Hall–Kier alpha value is -2.45. The van der Waals surface area contributed by atoms with Crippen molar-refractivity contribution in [3.63, 3.8) is 0 Å². The number of nitrogens with one attached hydrogen (secondary N) is 2. The number of rotatable bonds is 5. The normalized spacial score (nSPS) is 10.7.